The van der Waals surface area contributed by atoms with Crippen LogP contribution >= 0.6 is 0 Å². The molecule has 0 aromatic heterocycles. The van der Waals surface area contributed by atoms with Crippen LogP contribution < -0.4 is 0 Å². The van der Waals surface area contributed by atoms with E-state index in [-0.39, 0.29) is 18.0 Å². The van der Waals surface area contributed by atoms with Crippen LogP contribution in [-0.2, 0) is 9.47 Å². The first kappa shape index (κ1) is 22.2. The first-order chi connectivity index (χ1) is 12.6. The summed E-state index contributed by atoms with van der Waals surface area (Å²) < 4.78 is 10.7. The summed E-state index contributed by atoms with van der Waals surface area (Å²) in [5.74, 6) is -0.682. The highest BCUT2D eigenvalue weighted by Gasteiger charge is 2.13. The monoisotopic (exact) mass is 362 g/mol. The molecule has 0 aliphatic carbocycles. The standard InChI is InChI=1S/C22H34O4/c1-4-6-8-10-12-18(3)26-22(24)20-15-13-19(14-16-20)21(23)25-17-11-9-7-5-2/h13-16,18H,4-12,17H2,1-3H3. The van der Waals surface area contributed by atoms with Crippen LogP contribution in [0, 0.1) is 0 Å². The molecule has 0 radical (unpaired) electrons. The van der Waals surface area contributed by atoms with Gasteiger partial charge in [0.1, 0.15) is 0 Å². The van der Waals surface area contributed by atoms with Gasteiger partial charge in [0.2, 0.25) is 0 Å². The lowest BCUT2D eigenvalue weighted by atomic mass is 10.1. The molecule has 1 aromatic carbocycles. The van der Waals surface area contributed by atoms with Crippen LogP contribution in [0.2, 0.25) is 0 Å². The molecule has 0 bridgehead atoms. The van der Waals surface area contributed by atoms with Crippen LogP contribution in [0.1, 0.15) is 99.3 Å². The summed E-state index contributed by atoms with van der Waals surface area (Å²) in [5, 5.41) is 0. The number of rotatable bonds is 13. The summed E-state index contributed by atoms with van der Waals surface area (Å²) in [6.07, 6.45) is 9.73. The molecule has 4 nitrogen and oxygen atoms in total. The van der Waals surface area contributed by atoms with Crippen LogP contribution in [0.15, 0.2) is 24.3 Å². The fourth-order valence-electron chi connectivity index (χ4n) is 2.69. The molecule has 0 saturated carbocycles. The summed E-state index contributed by atoms with van der Waals surface area (Å²) in [6, 6.07) is 6.49. The van der Waals surface area contributed by atoms with Crippen LogP contribution in [0.3, 0.4) is 0 Å². The highest BCUT2D eigenvalue weighted by Crippen LogP contribution is 2.12. The Bertz CT molecular complexity index is 521. The van der Waals surface area contributed by atoms with E-state index < -0.39 is 0 Å². The van der Waals surface area contributed by atoms with Gasteiger partial charge in [-0.05, 0) is 50.5 Å². The van der Waals surface area contributed by atoms with E-state index in [1.165, 1.54) is 19.3 Å². The zero-order chi connectivity index (χ0) is 19.2. The average Bonchev–Trinajstić information content (AvgIpc) is 2.65. The minimum Gasteiger partial charge on any atom is -0.462 e. The number of benzene rings is 1. The minimum atomic E-state index is -0.342. The Labute approximate surface area is 158 Å². The Morgan fingerprint density at radius 2 is 1.35 bits per heavy atom. The third-order valence-corrected chi connectivity index (χ3v) is 4.36. The minimum absolute atomic E-state index is 0.0906. The Morgan fingerprint density at radius 1 is 0.808 bits per heavy atom. The van der Waals surface area contributed by atoms with Crippen molar-refractivity contribution in [1.82, 2.24) is 0 Å². The molecule has 0 N–H and O–H groups in total. The fourth-order valence-corrected chi connectivity index (χ4v) is 2.69. The lowest BCUT2D eigenvalue weighted by molar-refractivity contribution is 0.0318. The topological polar surface area (TPSA) is 52.6 Å². The van der Waals surface area contributed by atoms with Crippen molar-refractivity contribution < 1.29 is 19.1 Å². The van der Waals surface area contributed by atoms with Gasteiger partial charge in [0.05, 0.1) is 23.8 Å². The number of esters is 2. The van der Waals surface area contributed by atoms with E-state index in [0.29, 0.717) is 17.7 Å². The Morgan fingerprint density at radius 3 is 1.92 bits per heavy atom. The lowest BCUT2D eigenvalue weighted by Crippen LogP contribution is -2.15. The predicted molar refractivity (Wildman–Crippen MR) is 105 cm³/mol. The number of hydrogen-bond acceptors (Lipinski definition) is 4. The molecule has 1 unspecified atom stereocenters. The molecule has 0 heterocycles. The lowest BCUT2D eigenvalue weighted by Gasteiger charge is -2.13. The quantitative estimate of drug-likeness (QED) is 0.322. The Balaban J connectivity index is 2.38. The van der Waals surface area contributed by atoms with Crippen molar-refractivity contribution in [3.8, 4) is 0 Å². The first-order valence-corrected chi connectivity index (χ1v) is 10.1. The van der Waals surface area contributed by atoms with Gasteiger partial charge in [-0.15, -0.1) is 0 Å². The third kappa shape index (κ3) is 9.02. The smallest absolute Gasteiger partial charge is 0.338 e. The number of unbranched alkanes of at least 4 members (excludes halogenated alkanes) is 6. The Kier molecular flexibility index (Phi) is 11.4. The molecular weight excluding hydrogens is 328 g/mol. The second-order valence-electron chi connectivity index (χ2n) is 6.84. The highest BCUT2D eigenvalue weighted by atomic mass is 16.5. The molecule has 0 aliphatic heterocycles. The van der Waals surface area contributed by atoms with E-state index in [1.54, 1.807) is 24.3 Å². The zero-order valence-electron chi connectivity index (χ0n) is 16.6. The summed E-state index contributed by atoms with van der Waals surface area (Å²) in [4.78, 5) is 24.1. The van der Waals surface area contributed by atoms with Crippen LogP contribution in [-0.4, -0.2) is 24.6 Å². The summed E-state index contributed by atoms with van der Waals surface area (Å²) in [5.41, 5.74) is 0.926. The average molecular weight is 363 g/mol. The molecule has 0 saturated heterocycles. The highest BCUT2D eigenvalue weighted by molar-refractivity contribution is 5.93. The van der Waals surface area contributed by atoms with Crippen molar-refractivity contribution in [3.63, 3.8) is 0 Å². The Hall–Kier alpha value is -1.84. The van der Waals surface area contributed by atoms with Gasteiger partial charge >= 0.3 is 11.9 Å². The van der Waals surface area contributed by atoms with Gasteiger partial charge in [0.25, 0.3) is 0 Å². The van der Waals surface area contributed by atoms with Gasteiger partial charge in [-0.3, -0.25) is 0 Å². The van der Waals surface area contributed by atoms with E-state index in [0.717, 1.165) is 38.5 Å². The maximum absolute atomic E-state index is 12.2. The van der Waals surface area contributed by atoms with Crippen LogP contribution in [0.25, 0.3) is 0 Å². The number of ether oxygens (including phenoxy) is 2. The van der Waals surface area contributed by atoms with Gasteiger partial charge in [-0.1, -0.05) is 52.4 Å². The fraction of sp³-hybridized carbons (Fsp3) is 0.636. The summed E-state index contributed by atoms with van der Waals surface area (Å²) in [7, 11) is 0. The van der Waals surface area contributed by atoms with E-state index >= 15 is 0 Å². The van der Waals surface area contributed by atoms with Crippen LogP contribution in [0.4, 0.5) is 0 Å². The number of carbonyl (C=O) groups is 2. The predicted octanol–water partition coefficient (Wildman–Crippen LogP) is 5.94. The van der Waals surface area contributed by atoms with Crippen molar-refractivity contribution in [1.29, 1.82) is 0 Å². The molecule has 0 amide bonds. The molecule has 0 aliphatic rings. The zero-order valence-corrected chi connectivity index (χ0v) is 16.6. The van der Waals surface area contributed by atoms with Crippen molar-refractivity contribution in [2.75, 3.05) is 6.61 Å². The van der Waals surface area contributed by atoms with Crippen molar-refractivity contribution >= 4 is 11.9 Å². The number of hydrogen-bond donors (Lipinski definition) is 0. The molecule has 146 valence electrons. The van der Waals surface area contributed by atoms with Gasteiger partial charge in [0, 0.05) is 0 Å². The number of carbonyl (C=O) groups excluding carboxylic acids is 2. The van der Waals surface area contributed by atoms with Gasteiger partial charge < -0.3 is 9.47 Å². The molecule has 4 heteroatoms. The van der Waals surface area contributed by atoms with Crippen LogP contribution in [0.5, 0.6) is 0 Å². The van der Waals surface area contributed by atoms with E-state index in [9.17, 15) is 9.59 Å². The summed E-state index contributed by atoms with van der Waals surface area (Å²) >= 11 is 0. The van der Waals surface area contributed by atoms with E-state index in [1.807, 2.05) is 6.92 Å². The van der Waals surface area contributed by atoms with Gasteiger partial charge in [0.15, 0.2) is 0 Å². The maximum atomic E-state index is 12.2. The molecule has 1 rings (SSSR count). The molecule has 1 atom stereocenters. The largest absolute Gasteiger partial charge is 0.462 e. The normalized spacial score (nSPS) is 11.8. The van der Waals surface area contributed by atoms with Crippen molar-refractivity contribution in [2.45, 2.75) is 84.7 Å². The van der Waals surface area contributed by atoms with Crippen molar-refractivity contribution in [3.05, 3.63) is 35.4 Å². The summed E-state index contributed by atoms with van der Waals surface area (Å²) in [6.45, 7) is 6.69. The molecule has 26 heavy (non-hydrogen) atoms. The van der Waals surface area contributed by atoms with E-state index in [2.05, 4.69) is 13.8 Å². The second-order valence-corrected chi connectivity index (χ2v) is 6.84. The van der Waals surface area contributed by atoms with Crippen molar-refractivity contribution in [2.24, 2.45) is 0 Å². The molecular formula is C22H34O4. The molecule has 1 aromatic rings. The second kappa shape index (κ2) is 13.4. The van der Waals surface area contributed by atoms with Gasteiger partial charge in [-0.25, -0.2) is 9.59 Å². The SMILES string of the molecule is CCCCCCOC(=O)c1ccc(C(=O)OC(C)CCCCCC)cc1. The van der Waals surface area contributed by atoms with E-state index in [4.69, 9.17) is 9.47 Å². The maximum Gasteiger partial charge on any atom is 0.338 e. The first-order valence-electron chi connectivity index (χ1n) is 10.1. The molecule has 0 fully saturated rings. The third-order valence-electron chi connectivity index (χ3n) is 4.36. The van der Waals surface area contributed by atoms with Gasteiger partial charge in [-0.2, -0.15) is 0 Å². The molecule has 0 spiro atoms.